The number of carbonyl (C=O) groups excluding carboxylic acids is 1. The van der Waals surface area contributed by atoms with Gasteiger partial charge in [0, 0.05) is 15.9 Å². The monoisotopic (exact) mass is 538 g/mol. The number of halogens is 4. The number of anilines is 1. The molecule has 0 spiro atoms. The van der Waals surface area contributed by atoms with E-state index < -0.39 is 24.1 Å². The normalized spacial score (nSPS) is 12.6. The fourth-order valence-electron chi connectivity index (χ4n) is 3.36. The Labute approximate surface area is 199 Å². The third kappa shape index (κ3) is 4.55. The molecule has 13 heteroatoms. The van der Waals surface area contributed by atoms with Gasteiger partial charge in [0.2, 0.25) is 11.9 Å². The van der Waals surface area contributed by atoms with Crippen molar-refractivity contribution in [1.29, 1.82) is 0 Å². The molecule has 0 fully saturated rings. The summed E-state index contributed by atoms with van der Waals surface area (Å²) in [4.78, 5) is 20.8. The van der Waals surface area contributed by atoms with E-state index in [2.05, 4.69) is 41.1 Å². The van der Waals surface area contributed by atoms with Crippen molar-refractivity contribution in [1.82, 2.24) is 19.6 Å². The number of hydrogen-bond acceptors (Lipinski definition) is 7. The minimum atomic E-state index is -4.94. The molecule has 0 aliphatic rings. The second-order valence-corrected chi connectivity index (χ2v) is 8.01. The third-order valence-corrected chi connectivity index (χ3v) is 5.60. The predicted octanol–water partition coefficient (Wildman–Crippen LogP) is 4.29. The van der Waals surface area contributed by atoms with E-state index in [1.807, 2.05) is 0 Å². The number of amides is 1. The van der Waals surface area contributed by atoms with Crippen molar-refractivity contribution in [3.63, 3.8) is 0 Å². The zero-order valence-electron chi connectivity index (χ0n) is 17.9. The van der Waals surface area contributed by atoms with Gasteiger partial charge in [0.05, 0.1) is 18.2 Å². The summed E-state index contributed by atoms with van der Waals surface area (Å²) in [6.45, 7) is 1.77. The van der Waals surface area contributed by atoms with Crippen LogP contribution in [0.2, 0.25) is 0 Å². The molecule has 0 bridgehead atoms. The number of benzene rings is 2. The second-order valence-electron chi connectivity index (χ2n) is 7.16. The standard InChI is InChI=1S/C21H18BrF3N6O3/c1-3-14(17(26)32)27-20-28-16-12(5-4-6-13(16)22)19-29-18(30-31(19)20)11-8-7-10(33-2)9-15(11)34-21(23,24)25/h4-9,14H,3H2,1-2H3,(H2,26,32)(H,27,28)/t14-/m0/s1. The van der Waals surface area contributed by atoms with Crippen LogP contribution < -0.4 is 20.5 Å². The van der Waals surface area contributed by atoms with E-state index in [-0.39, 0.29) is 23.1 Å². The number of primary amides is 1. The molecule has 1 amide bonds. The van der Waals surface area contributed by atoms with Gasteiger partial charge in [0.25, 0.3) is 0 Å². The number of hydrogen-bond donors (Lipinski definition) is 2. The molecule has 9 nitrogen and oxygen atoms in total. The van der Waals surface area contributed by atoms with Crippen LogP contribution in [-0.4, -0.2) is 45.0 Å². The zero-order chi connectivity index (χ0) is 24.6. The van der Waals surface area contributed by atoms with Crippen molar-refractivity contribution < 1.29 is 27.4 Å². The van der Waals surface area contributed by atoms with Crippen molar-refractivity contribution in [2.45, 2.75) is 25.7 Å². The van der Waals surface area contributed by atoms with Gasteiger partial charge in [-0.05, 0) is 46.6 Å². The molecule has 2 aromatic heterocycles. The van der Waals surface area contributed by atoms with Crippen molar-refractivity contribution >= 4 is 44.3 Å². The molecule has 1 atom stereocenters. The van der Waals surface area contributed by atoms with E-state index in [0.717, 1.165) is 6.07 Å². The van der Waals surface area contributed by atoms with Crippen LogP contribution in [0.4, 0.5) is 19.1 Å². The number of aromatic nitrogens is 4. The topological polar surface area (TPSA) is 117 Å². The summed E-state index contributed by atoms with van der Waals surface area (Å²) in [6.07, 6.45) is -4.57. The van der Waals surface area contributed by atoms with Gasteiger partial charge in [-0.1, -0.05) is 13.0 Å². The van der Waals surface area contributed by atoms with Gasteiger partial charge in [0.15, 0.2) is 11.5 Å². The molecule has 2 heterocycles. The Morgan fingerprint density at radius 2 is 2.03 bits per heavy atom. The van der Waals surface area contributed by atoms with Gasteiger partial charge in [-0.15, -0.1) is 18.3 Å². The second kappa shape index (κ2) is 8.97. The number of nitrogens with one attached hydrogen (secondary N) is 1. The molecule has 4 rings (SSSR count). The first-order valence-corrected chi connectivity index (χ1v) is 10.8. The lowest BCUT2D eigenvalue weighted by molar-refractivity contribution is -0.274. The van der Waals surface area contributed by atoms with E-state index >= 15 is 0 Å². The van der Waals surface area contributed by atoms with Gasteiger partial charge in [0.1, 0.15) is 17.5 Å². The Balaban J connectivity index is 1.97. The Morgan fingerprint density at radius 3 is 2.68 bits per heavy atom. The maximum Gasteiger partial charge on any atom is 0.573 e. The number of carbonyl (C=O) groups is 1. The fourth-order valence-corrected chi connectivity index (χ4v) is 3.81. The Hall–Kier alpha value is -3.61. The maximum absolute atomic E-state index is 13.1. The summed E-state index contributed by atoms with van der Waals surface area (Å²) in [5.41, 5.74) is 6.26. The molecule has 2 aromatic carbocycles. The Bertz CT molecular complexity index is 1390. The lowest BCUT2D eigenvalue weighted by atomic mass is 10.2. The molecule has 0 aliphatic carbocycles. The summed E-state index contributed by atoms with van der Waals surface area (Å²) < 4.78 is 50.4. The van der Waals surface area contributed by atoms with Crippen LogP contribution in [0.15, 0.2) is 40.9 Å². The molecule has 178 valence electrons. The quantitative estimate of drug-likeness (QED) is 0.360. The lowest BCUT2D eigenvalue weighted by Crippen LogP contribution is -2.35. The van der Waals surface area contributed by atoms with Crippen molar-refractivity contribution in [2.75, 3.05) is 12.4 Å². The summed E-state index contributed by atoms with van der Waals surface area (Å²) in [7, 11) is 1.33. The van der Waals surface area contributed by atoms with Crippen molar-refractivity contribution in [2.24, 2.45) is 5.73 Å². The smallest absolute Gasteiger partial charge is 0.497 e. The number of para-hydroxylation sites is 1. The lowest BCUT2D eigenvalue weighted by Gasteiger charge is -2.15. The average Bonchev–Trinajstić information content (AvgIpc) is 3.22. The molecule has 0 unspecified atom stereocenters. The Kier molecular flexibility index (Phi) is 6.21. The highest BCUT2D eigenvalue weighted by Crippen LogP contribution is 2.36. The van der Waals surface area contributed by atoms with Crippen LogP contribution in [0, 0.1) is 0 Å². The number of nitrogens with two attached hydrogens (primary N) is 1. The molecule has 0 saturated heterocycles. The highest BCUT2D eigenvalue weighted by Gasteiger charge is 2.33. The number of ether oxygens (including phenoxy) is 2. The molecule has 34 heavy (non-hydrogen) atoms. The zero-order valence-corrected chi connectivity index (χ0v) is 19.4. The van der Waals surface area contributed by atoms with E-state index in [1.165, 1.54) is 23.8 Å². The first kappa shape index (κ1) is 23.5. The van der Waals surface area contributed by atoms with Crippen LogP contribution in [0.3, 0.4) is 0 Å². The molecule has 0 radical (unpaired) electrons. The highest BCUT2D eigenvalue weighted by atomic mass is 79.9. The van der Waals surface area contributed by atoms with Crippen LogP contribution in [0.25, 0.3) is 27.9 Å². The largest absolute Gasteiger partial charge is 0.573 e. The van der Waals surface area contributed by atoms with E-state index in [1.54, 1.807) is 25.1 Å². The van der Waals surface area contributed by atoms with E-state index in [4.69, 9.17) is 10.5 Å². The summed E-state index contributed by atoms with van der Waals surface area (Å²) in [5.74, 6) is -0.866. The summed E-state index contributed by atoms with van der Waals surface area (Å²) in [6, 6.07) is 8.46. The van der Waals surface area contributed by atoms with Gasteiger partial charge < -0.3 is 20.5 Å². The molecule has 0 aliphatic heterocycles. The van der Waals surface area contributed by atoms with Crippen molar-refractivity contribution in [3.05, 3.63) is 40.9 Å². The molecule has 4 aromatic rings. The number of methoxy groups -OCH3 is 1. The highest BCUT2D eigenvalue weighted by molar-refractivity contribution is 9.10. The fraction of sp³-hybridized carbons (Fsp3) is 0.238. The number of nitrogens with zero attached hydrogens (tertiary/aromatic N) is 4. The number of rotatable bonds is 7. The third-order valence-electron chi connectivity index (χ3n) is 4.96. The van der Waals surface area contributed by atoms with Crippen LogP contribution in [0.1, 0.15) is 13.3 Å². The SMILES string of the molecule is CC[C@H](Nc1nc2c(Br)cccc2c2nc(-c3ccc(OC)cc3OC(F)(F)F)nn12)C(N)=O. The van der Waals surface area contributed by atoms with Gasteiger partial charge in [-0.25, -0.2) is 9.97 Å². The van der Waals surface area contributed by atoms with Crippen LogP contribution in [-0.2, 0) is 4.79 Å². The van der Waals surface area contributed by atoms with E-state index in [9.17, 15) is 18.0 Å². The average molecular weight is 539 g/mol. The molecular formula is C21H18BrF3N6O3. The minimum Gasteiger partial charge on any atom is -0.497 e. The van der Waals surface area contributed by atoms with Gasteiger partial charge in [-0.2, -0.15) is 4.52 Å². The summed E-state index contributed by atoms with van der Waals surface area (Å²) in [5, 5.41) is 7.91. The van der Waals surface area contributed by atoms with Crippen molar-refractivity contribution in [3.8, 4) is 22.9 Å². The number of alkyl halides is 3. The maximum atomic E-state index is 13.1. The van der Waals surface area contributed by atoms with Crippen LogP contribution >= 0.6 is 15.9 Å². The minimum absolute atomic E-state index is 0.0159. The molecule has 0 saturated carbocycles. The summed E-state index contributed by atoms with van der Waals surface area (Å²) >= 11 is 3.44. The Morgan fingerprint density at radius 1 is 1.26 bits per heavy atom. The van der Waals surface area contributed by atoms with Crippen LogP contribution in [0.5, 0.6) is 11.5 Å². The first-order valence-electron chi connectivity index (χ1n) is 9.96. The molecular weight excluding hydrogens is 521 g/mol. The number of fused-ring (bicyclic) bond motifs is 3. The molecule has 3 N–H and O–H groups in total. The predicted molar refractivity (Wildman–Crippen MR) is 122 cm³/mol. The van der Waals surface area contributed by atoms with Gasteiger partial charge in [-0.3, -0.25) is 4.79 Å². The van der Waals surface area contributed by atoms with E-state index in [0.29, 0.717) is 27.4 Å². The first-order chi connectivity index (χ1) is 16.1. The van der Waals surface area contributed by atoms with Gasteiger partial charge >= 0.3 is 6.36 Å².